The maximum absolute atomic E-state index is 14.0. The number of benzene rings is 2. The quantitative estimate of drug-likeness (QED) is 0.335. The number of methoxy groups -OCH3 is 1. The minimum absolute atomic E-state index is 0.0821. The second-order valence-corrected chi connectivity index (χ2v) is 6.50. The van der Waals surface area contributed by atoms with Crippen LogP contribution in [0.25, 0.3) is 10.2 Å². The minimum atomic E-state index is -5.04. The Kier molecular flexibility index (Phi) is 5.19. The Morgan fingerprint density at radius 2 is 1.74 bits per heavy atom. The highest BCUT2D eigenvalue weighted by Gasteiger charge is 2.63. The van der Waals surface area contributed by atoms with E-state index in [9.17, 15) is 18.0 Å². The number of hydrogen-bond donors (Lipinski definition) is 3. The number of aromatic nitrogens is 1. The van der Waals surface area contributed by atoms with Gasteiger partial charge in [0, 0.05) is 5.69 Å². The Morgan fingerprint density at radius 3 is 2.37 bits per heavy atom. The maximum Gasteiger partial charge on any atom is 0.438 e. The van der Waals surface area contributed by atoms with Crippen LogP contribution < -0.4 is 16.2 Å². The van der Waals surface area contributed by atoms with Crippen LogP contribution >= 0.6 is 11.3 Å². The largest absolute Gasteiger partial charge is 0.466 e. The van der Waals surface area contributed by atoms with Crippen molar-refractivity contribution in [1.82, 2.24) is 10.4 Å². The van der Waals surface area contributed by atoms with Gasteiger partial charge >= 0.3 is 17.8 Å². The fourth-order valence-electron chi connectivity index (χ4n) is 2.32. The molecule has 1 atom stereocenters. The molecule has 27 heavy (non-hydrogen) atoms. The number of nitrogens with zero attached hydrogens (tertiary/aromatic N) is 1. The van der Waals surface area contributed by atoms with Crippen molar-refractivity contribution in [1.29, 1.82) is 0 Å². The monoisotopic (exact) mass is 396 g/mol. The van der Waals surface area contributed by atoms with Gasteiger partial charge in [-0.2, -0.15) is 18.6 Å². The van der Waals surface area contributed by atoms with Gasteiger partial charge in [-0.3, -0.25) is 0 Å². The van der Waals surface area contributed by atoms with Gasteiger partial charge in [-0.15, -0.1) is 0 Å². The number of para-hydroxylation sites is 2. The molecular weight excluding hydrogens is 381 g/mol. The number of thiazole rings is 1. The maximum atomic E-state index is 14.0. The van der Waals surface area contributed by atoms with E-state index in [0.717, 1.165) is 18.4 Å². The first kappa shape index (κ1) is 18.9. The number of halogens is 3. The molecule has 3 N–H and O–H groups in total. The summed E-state index contributed by atoms with van der Waals surface area (Å²) < 4.78 is 47.0. The van der Waals surface area contributed by atoms with E-state index < -0.39 is 17.8 Å². The lowest BCUT2D eigenvalue weighted by molar-refractivity contribution is -0.204. The summed E-state index contributed by atoms with van der Waals surface area (Å²) in [5.41, 5.74) is 2.05. The summed E-state index contributed by atoms with van der Waals surface area (Å²) in [6.07, 6.45) is -5.04. The third kappa shape index (κ3) is 3.81. The molecule has 3 aromatic rings. The molecule has 3 rings (SSSR count). The van der Waals surface area contributed by atoms with Crippen molar-refractivity contribution >= 4 is 38.3 Å². The van der Waals surface area contributed by atoms with Gasteiger partial charge in [-0.05, 0) is 24.3 Å². The van der Waals surface area contributed by atoms with Crippen LogP contribution in [0.5, 0.6) is 0 Å². The van der Waals surface area contributed by atoms with E-state index in [4.69, 9.17) is 0 Å². The third-order valence-corrected chi connectivity index (χ3v) is 4.63. The first-order chi connectivity index (χ1) is 12.9. The molecule has 0 saturated heterocycles. The summed E-state index contributed by atoms with van der Waals surface area (Å²) in [4.78, 5) is 16.3. The molecule has 0 aliphatic carbocycles. The predicted molar refractivity (Wildman–Crippen MR) is 97.2 cm³/mol. The highest BCUT2D eigenvalue weighted by Crippen LogP contribution is 2.35. The number of ether oxygens (including phenoxy) is 1. The van der Waals surface area contributed by atoms with E-state index in [2.05, 4.69) is 20.5 Å². The molecule has 6 nitrogen and oxygen atoms in total. The smallest absolute Gasteiger partial charge is 0.438 e. The van der Waals surface area contributed by atoms with Crippen molar-refractivity contribution < 1.29 is 22.7 Å². The molecule has 0 aliphatic heterocycles. The van der Waals surface area contributed by atoms with Gasteiger partial charge in [0.05, 0.1) is 17.3 Å². The molecule has 0 aliphatic rings. The number of hydrazine groups is 1. The number of alkyl halides is 3. The van der Waals surface area contributed by atoms with Gasteiger partial charge in [-0.1, -0.05) is 41.7 Å². The van der Waals surface area contributed by atoms with E-state index in [1.54, 1.807) is 54.6 Å². The van der Waals surface area contributed by atoms with Crippen molar-refractivity contribution in [2.75, 3.05) is 17.9 Å². The number of hydrogen-bond acceptors (Lipinski definition) is 7. The van der Waals surface area contributed by atoms with Crippen LogP contribution in [0.15, 0.2) is 54.6 Å². The van der Waals surface area contributed by atoms with E-state index in [1.165, 1.54) is 0 Å². The Bertz CT molecular complexity index is 900. The van der Waals surface area contributed by atoms with E-state index in [0.29, 0.717) is 15.9 Å². The van der Waals surface area contributed by atoms with Crippen molar-refractivity contribution in [2.45, 2.75) is 11.8 Å². The van der Waals surface area contributed by atoms with E-state index in [-0.39, 0.29) is 5.13 Å². The zero-order valence-corrected chi connectivity index (χ0v) is 14.8. The van der Waals surface area contributed by atoms with Crippen molar-refractivity contribution in [3.63, 3.8) is 0 Å². The molecule has 0 fully saturated rings. The number of fused-ring (bicyclic) bond motifs is 1. The van der Waals surface area contributed by atoms with Gasteiger partial charge in [0.1, 0.15) is 0 Å². The first-order valence-electron chi connectivity index (χ1n) is 7.73. The van der Waals surface area contributed by atoms with Crippen LogP contribution in [0.4, 0.5) is 24.0 Å². The van der Waals surface area contributed by atoms with Crippen LogP contribution in [-0.2, 0) is 9.53 Å². The fourth-order valence-corrected chi connectivity index (χ4v) is 3.24. The van der Waals surface area contributed by atoms with Crippen LogP contribution in [0.2, 0.25) is 0 Å². The summed E-state index contributed by atoms with van der Waals surface area (Å²) in [5.74, 6) is -1.56. The summed E-state index contributed by atoms with van der Waals surface area (Å²) in [6, 6.07) is 14.9. The fraction of sp³-hybridized carbons (Fsp3) is 0.176. The van der Waals surface area contributed by atoms with Crippen molar-refractivity contribution in [3.8, 4) is 0 Å². The molecule has 142 valence electrons. The van der Waals surface area contributed by atoms with E-state index in [1.807, 2.05) is 5.43 Å². The highest BCUT2D eigenvalue weighted by molar-refractivity contribution is 7.22. The molecule has 2 aromatic carbocycles. The van der Waals surface area contributed by atoms with Crippen molar-refractivity contribution in [2.24, 2.45) is 0 Å². The number of rotatable bonds is 6. The first-order valence-corrected chi connectivity index (χ1v) is 8.54. The lowest BCUT2D eigenvalue weighted by Crippen LogP contribution is -2.69. The molecule has 1 unspecified atom stereocenters. The van der Waals surface area contributed by atoms with Gasteiger partial charge in [0.25, 0.3) is 0 Å². The van der Waals surface area contributed by atoms with Gasteiger partial charge in [-0.25, -0.2) is 9.78 Å². The Labute approximate surface area is 156 Å². The molecule has 0 saturated carbocycles. The molecule has 10 heteroatoms. The molecule has 1 aromatic heterocycles. The zero-order chi connectivity index (χ0) is 19.5. The number of anilines is 2. The molecule has 0 amide bonds. The molecule has 0 bridgehead atoms. The van der Waals surface area contributed by atoms with Crippen molar-refractivity contribution in [3.05, 3.63) is 54.6 Å². The van der Waals surface area contributed by atoms with Gasteiger partial charge in [0.15, 0.2) is 5.13 Å². The van der Waals surface area contributed by atoms with Crippen LogP contribution in [0, 0.1) is 0 Å². The number of carbonyl (C=O) groups is 1. The summed E-state index contributed by atoms with van der Waals surface area (Å²) in [6.45, 7) is 0. The standard InChI is InChI=1S/C17H15F3N4O2S/c1-26-14(25)16(17(18,19)20,24-23-11-7-3-2-4-8-11)22-15-21-12-9-5-6-10-13(12)27-15/h2-10,23-24H,1H3,(H,21,22). The van der Waals surface area contributed by atoms with Gasteiger partial charge in [0.2, 0.25) is 0 Å². The average Bonchev–Trinajstić information content (AvgIpc) is 3.06. The van der Waals surface area contributed by atoms with Crippen LogP contribution in [0.3, 0.4) is 0 Å². The zero-order valence-electron chi connectivity index (χ0n) is 14.0. The normalized spacial score (nSPS) is 13.8. The minimum Gasteiger partial charge on any atom is -0.466 e. The lowest BCUT2D eigenvalue weighted by atomic mass is 10.1. The second-order valence-electron chi connectivity index (χ2n) is 5.47. The SMILES string of the molecule is COC(=O)C(NNc1ccccc1)(Nc1nc2ccccc2s1)C(F)(F)F. The average molecular weight is 396 g/mol. The lowest BCUT2D eigenvalue weighted by Gasteiger charge is -2.34. The molecule has 1 heterocycles. The number of carbonyl (C=O) groups excluding carboxylic acids is 1. The third-order valence-electron chi connectivity index (χ3n) is 3.67. The van der Waals surface area contributed by atoms with E-state index >= 15 is 0 Å². The van der Waals surface area contributed by atoms with Crippen LogP contribution in [0.1, 0.15) is 0 Å². The number of esters is 1. The topological polar surface area (TPSA) is 75.3 Å². The Balaban J connectivity index is 1.97. The van der Waals surface area contributed by atoms with Crippen LogP contribution in [-0.4, -0.2) is 29.9 Å². The Morgan fingerprint density at radius 1 is 1.07 bits per heavy atom. The molecule has 0 spiro atoms. The second kappa shape index (κ2) is 7.41. The predicted octanol–water partition coefficient (Wildman–Crippen LogP) is 3.76. The Hall–Kier alpha value is -2.85. The number of nitrogens with one attached hydrogen (secondary N) is 3. The molecular formula is C17H15F3N4O2S. The highest BCUT2D eigenvalue weighted by atomic mass is 32.1. The summed E-state index contributed by atoms with van der Waals surface area (Å²) in [5, 5.41) is 2.09. The van der Waals surface area contributed by atoms with Gasteiger partial charge < -0.3 is 15.5 Å². The molecule has 0 radical (unpaired) electrons. The summed E-state index contributed by atoms with van der Waals surface area (Å²) >= 11 is 0.992. The summed E-state index contributed by atoms with van der Waals surface area (Å²) in [7, 11) is 0.882.